The van der Waals surface area contributed by atoms with E-state index in [2.05, 4.69) is 16.0 Å². The molecule has 30 heavy (non-hydrogen) atoms. The molecule has 0 spiro atoms. The van der Waals surface area contributed by atoms with Crippen LogP contribution < -0.4 is 27.4 Å². The van der Waals surface area contributed by atoms with Crippen LogP contribution in [0, 0.1) is 5.92 Å². The number of thioether (sulfide) groups is 1. The molecule has 0 aromatic heterocycles. The van der Waals surface area contributed by atoms with E-state index in [0.29, 0.717) is 5.75 Å². The van der Waals surface area contributed by atoms with E-state index in [0.717, 1.165) is 0 Å². The lowest BCUT2D eigenvalue weighted by molar-refractivity contribution is -0.142. The van der Waals surface area contributed by atoms with Crippen LogP contribution in [-0.4, -0.2) is 70.9 Å². The summed E-state index contributed by atoms with van der Waals surface area (Å²) in [6.45, 7) is 5.07. The number of carboxylic acid groups (broad SMARTS) is 1. The van der Waals surface area contributed by atoms with E-state index in [1.165, 1.54) is 18.7 Å². The molecule has 0 rings (SSSR count). The number of nitrogens with two attached hydrogens (primary N) is 2. The normalized spacial score (nSPS) is 14.9. The average Bonchev–Trinajstić information content (AvgIpc) is 2.62. The van der Waals surface area contributed by atoms with Crippen molar-refractivity contribution in [2.75, 3.05) is 12.0 Å². The van der Waals surface area contributed by atoms with Gasteiger partial charge in [-0.2, -0.15) is 11.8 Å². The van der Waals surface area contributed by atoms with Crippen LogP contribution in [0.15, 0.2) is 0 Å². The van der Waals surface area contributed by atoms with Crippen LogP contribution in [0.2, 0.25) is 0 Å². The number of hydrogen-bond donors (Lipinski definition) is 6. The Hall–Kier alpha value is -2.34. The highest BCUT2D eigenvalue weighted by Gasteiger charge is 2.28. The molecule has 0 aliphatic rings. The minimum atomic E-state index is -1.19. The van der Waals surface area contributed by atoms with Crippen molar-refractivity contribution in [1.82, 2.24) is 16.0 Å². The third kappa shape index (κ3) is 11.0. The maximum atomic E-state index is 12.6. The Morgan fingerprint density at radius 2 is 1.50 bits per heavy atom. The molecule has 0 saturated heterocycles. The van der Waals surface area contributed by atoms with Crippen LogP contribution in [0.25, 0.3) is 0 Å². The summed E-state index contributed by atoms with van der Waals surface area (Å²) in [6.07, 6.45) is 1.97. The summed E-state index contributed by atoms with van der Waals surface area (Å²) < 4.78 is 0. The van der Waals surface area contributed by atoms with Gasteiger partial charge in [-0.05, 0) is 37.7 Å². The molecule has 0 radical (unpaired) electrons. The predicted molar refractivity (Wildman–Crippen MR) is 113 cm³/mol. The monoisotopic (exact) mass is 447 g/mol. The molecule has 4 amide bonds. The second kappa shape index (κ2) is 13.8. The van der Waals surface area contributed by atoms with Crippen molar-refractivity contribution in [3.8, 4) is 0 Å². The van der Waals surface area contributed by atoms with Gasteiger partial charge in [0.1, 0.15) is 18.1 Å². The molecule has 0 aromatic rings. The van der Waals surface area contributed by atoms with Gasteiger partial charge in [0.15, 0.2) is 0 Å². The largest absolute Gasteiger partial charge is 0.480 e. The summed E-state index contributed by atoms with van der Waals surface area (Å²) in [6, 6.07) is -4.28. The van der Waals surface area contributed by atoms with Crippen molar-refractivity contribution in [3.63, 3.8) is 0 Å². The van der Waals surface area contributed by atoms with Gasteiger partial charge in [0.25, 0.3) is 0 Å². The third-order valence-electron chi connectivity index (χ3n) is 4.08. The molecule has 12 heteroatoms. The van der Waals surface area contributed by atoms with Gasteiger partial charge in [0, 0.05) is 0 Å². The molecule has 0 aromatic carbocycles. The first-order valence-electron chi connectivity index (χ1n) is 9.55. The molecular formula is C18H33N5O6S. The Labute approximate surface area is 180 Å². The highest BCUT2D eigenvalue weighted by molar-refractivity contribution is 7.98. The van der Waals surface area contributed by atoms with Crippen molar-refractivity contribution in [3.05, 3.63) is 0 Å². The lowest BCUT2D eigenvalue weighted by Gasteiger charge is -2.23. The zero-order valence-corrected chi connectivity index (χ0v) is 18.6. The maximum absolute atomic E-state index is 12.6. The second-order valence-electron chi connectivity index (χ2n) is 7.38. The standard InChI is InChI=1S/C18H33N5O6S/c1-9(2)7-13(18(28)29)23-15(25)10(3)21-17(27)12(5-6-30-4)22-16(26)11(19)8-14(20)24/h9-13H,5-8,19H2,1-4H3,(H2,20,24)(H,21,27)(H,22,26)(H,23,25)(H,28,29). The molecular weight excluding hydrogens is 414 g/mol. The lowest BCUT2D eigenvalue weighted by Crippen LogP contribution is -2.56. The second-order valence-corrected chi connectivity index (χ2v) is 8.36. The smallest absolute Gasteiger partial charge is 0.326 e. The van der Waals surface area contributed by atoms with Gasteiger partial charge in [-0.1, -0.05) is 13.8 Å². The Morgan fingerprint density at radius 1 is 0.933 bits per heavy atom. The van der Waals surface area contributed by atoms with Gasteiger partial charge < -0.3 is 32.5 Å². The summed E-state index contributed by atoms with van der Waals surface area (Å²) in [7, 11) is 0. The highest BCUT2D eigenvalue weighted by Crippen LogP contribution is 2.06. The van der Waals surface area contributed by atoms with Gasteiger partial charge >= 0.3 is 5.97 Å². The Kier molecular flexibility index (Phi) is 12.7. The molecule has 0 aliphatic carbocycles. The Morgan fingerprint density at radius 3 is 1.97 bits per heavy atom. The molecule has 0 saturated carbocycles. The van der Waals surface area contributed by atoms with Crippen LogP contribution in [0.3, 0.4) is 0 Å². The number of carbonyl (C=O) groups excluding carboxylic acids is 4. The van der Waals surface area contributed by atoms with Gasteiger partial charge in [-0.15, -0.1) is 0 Å². The van der Waals surface area contributed by atoms with Crippen molar-refractivity contribution in [2.24, 2.45) is 17.4 Å². The van der Waals surface area contributed by atoms with Crippen molar-refractivity contribution < 1.29 is 29.1 Å². The van der Waals surface area contributed by atoms with Crippen molar-refractivity contribution >= 4 is 41.4 Å². The zero-order valence-electron chi connectivity index (χ0n) is 17.8. The Balaban J connectivity index is 5.03. The van der Waals surface area contributed by atoms with E-state index in [4.69, 9.17) is 11.5 Å². The summed E-state index contributed by atoms with van der Waals surface area (Å²) in [5.41, 5.74) is 10.6. The number of nitrogens with one attached hydrogen (secondary N) is 3. The van der Waals surface area contributed by atoms with Gasteiger partial charge in [-0.25, -0.2) is 4.79 Å². The Bertz CT molecular complexity index is 630. The fraction of sp³-hybridized carbons (Fsp3) is 0.722. The third-order valence-corrected chi connectivity index (χ3v) is 4.72. The van der Waals surface area contributed by atoms with Crippen LogP contribution in [0.5, 0.6) is 0 Å². The molecule has 8 N–H and O–H groups in total. The number of carboxylic acids is 1. The van der Waals surface area contributed by atoms with Crippen LogP contribution in [0.4, 0.5) is 0 Å². The van der Waals surface area contributed by atoms with Crippen LogP contribution in [0.1, 0.15) is 40.0 Å². The lowest BCUT2D eigenvalue weighted by atomic mass is 10.0. The average molecular weight is 448 g/mol. The summed E-state index contributed by atoms with van der Waals surface area (Å²) in [5, 5.41) is 16.6. The first kappa shape index (κ1) is 27.7. The van der Waals surface area contributed by atoms with E-state index in [1.54, 1.807) is 0 Å². The fourth-order valence-corrected chi connectivity index (χ4v) is 2.93. The van der Waals surface area contributed by atoms with E-state index < -0.39 is 53.8 Å². The predicted octanol–water partition coefficient (Wildman–Crippen LogP) is -1.45. The number of carbonyl (C=O) groups is 5. The molecule has 0 fully saturated rings. The van der Waals surface area contributed by atoms with E-state index in [1.807, 2.05) is 20.1 Å². The molecule has 0 bridgehead atoms. The first-order chi connectivity index (χ1) is 13.9. The summed E-state index contributed by atoms with van der Waals surface area (Å²) >= 11 is 1.45. The molecule has 4 atom stereocenters. The topological polar surface area (TPSA) is 194 Å². The minimum Gasteiger partial charge on any atom is -0.480 e. The zero-order chi connectivity index (χ0) is 23.4. The quantitative estimate of drug-likeness (QED) is 0.186. The van der Waals surface area contributed by atoms with Crippen LogP contribution >= 0.6 is 11.8 Å². The molecule has 4 unspecified atom stereocenters. The molecule has 0 heterocycles. The minimum absolute atomic E-state index is 0.0482. The van der Waals surface area contributed by atoms with E-state index >= 15 is 0 Å². The van der Waals surface area contributed by atoms with Gasteiger partial charge in [-0.3, -0.25) is 19.2 Å². The van der Waals surface area contributed by atoms with Gasteiger partial charge in [0.05, 0.1) is 12.5 Å². The summed E-state index contributed by atoms with van der Waals surface area (Å²) in [4.78, 5) is 59.2. The van der Waals surface area contributed by atoms with Gasteiger partial charge in [0.2, 0.25) is 23.6 Å². The van der Waals surface area contributed by atoms with Crippen molar-refractivity contribution in [2.45, 2.75) is 64.2 Å². The van der Waals surface area contributed by atoms with Crippen molar-refractivity contribution in [1.29, 1.82) is 0 Å². The molecule has 11 nitrogen and oxygen atoms in total. The van der Waals surface area contributed by atoms with Crippen LogP contribution in [-0.2, 0) is 24.0 Å². The number of amides is 4. The van der Waals surface area contributed by atoms with E-state index in [9.17, 15) is 29.1 Å². The fourth-order valence-electron chi connectivity index (χ4n) is 2.46. The number of hydrogen-bond acceptors (Lipinski definition) is 7. The van der Waals surface area contributed by atoms with E-state index in [-0.39, 0.29) is 25.2 Å². The number of rotatable bonds is 14. The summed E-state index contributed by atoms with van der Waals surface area (Å²) in [5.74, 6) is -3.31. The first-order valence-corrected chi connectivity index (χ1v) is 10.9. The maximum Gasteiger partial charge on any atom is 0.326 e. The molecule has 172 valence electrons. The highest BCUT2D eigenvalue weighted by atomic mass is 32.2. The SMILES string of the molecule is CSCCC(NC(=O)C(N)CC(N)=O)C(=O)NC(C)C(=O)NC(CC(C)C)C(=O)O. The number of aliphatic carboxylic acids is 1. The number of primary amides is 1. The molecule has 0 aliphatic heterocycles.